The van der Waals surface area contributed by atoms with Crippen LogP contribution in [0.2, 0.25) is 0 Å². The molecule has 5 nitrogen and oxygen atoms in total. The van der Waals surface area contributed by atoms with Crippen molar-refractivity contribution >= 4 is 10.8 Å². The first-order valence-electron chi connectivity index (χ1n) is 6.54. The van der Waals surface area contributed by atoms with Crippen LogP contribution >= 0.6 is 0 Å². The van der Waals surface area contributed by atoms with E-state index in [2.05, 4.69) is 15.5 Å². The van der Waals surface area contributed by atoms with Crippen LogP contribution in [0.15, 0.2) is 24.3 Å². The van der Waals surface area contributed by atoms with E-state index in [1.54, 1.807) is 16.8 Å². The Labute approximate surface area is 118 Å². The van der Waals surface area contributed by atoms with Gasteiger partial charge in [-0.15, -0.1) is 5.10 Å². The van der Waals surface area contributed by atoms with E-state index in [-0.39, 0.29) is 11.1 Å². The minimum atomic E-state index is -1.14. The van der Waals surface area contributed by atoms with Crippen LogP contribution in [0.25, 0.3) is 0 Å². The fourth-order valence-corrected chi connectivity index (χ4v) is 3.20. The van der Waals surface area contributed by atoms with Gasteiger partial charge in [0.25, 0.3) is 0 Å². The lowest BCUT2D eigenvalue weighted by Gasteiger charge is -2.11. The Hall–Kier alpha value is -1.63. The Morgan fingerprint density at radius 2 is 2.10 bits per heavy atom. The highest BCUT2D eigenvalue weighted by atomic mass is 32.2. The first-order valence-corrected chi connectivity index (χ1v) is 7.92. The Morgan fingerprint density at radius 3 is 2.75 bits per heavy atom. The van der Waals surface area contributed by atoms with Gasteiger partial charge in [0.05, 0.1) is 17.0 Å². The van der Waals surface area contributed by atoms with Crippen LogP contribution in [0.3, 0.4) is 0 Å². The third-order valence-corrected chi connectivity index (χ3v) is 5.06. The van der Waals surface area contributed by atoms with Gasteiger partial charge >= 0.3 is 0 Å². The van der Waals surface area contributed by atoms with Crippen LogP contribution < -0.4 is 0 Å². The molecule has 0 radical (unpaired) electrons. The Balaban J connectivity index is 1.72. The third-order valence-electron chi connectivity index (χ3n) is 3.46. The van der Waals surface area contributed by atoms with Crippen LogP contribution in [-0.4, -0.2) is 24.4 Å². The zero-order chi connectivity index (χ0) is 14.1. The summed E-state index contributed by atoms with van der Waals surface area (Å²) in [5, 5.41) is 11.4. The molecule has 1 aliphatic rings. The number of aromatic nitrogens is 4. The molecule has 3 rings (SSSR count). The van der Waals surface area contributed by atoms with E-state index in [4.69, 9.17) is 0 Å². The summed E-state index contributed by atoms with van der Waals surface area (Å²) in [7, 11) is -1.14. The Kier molecular flexibility index (Phi) is 3.60. The molecule has 106 valence electrons. The summed E-state index contributed by atoms with van der Waals surface area (Å²) in [6.45, 7) is 1.87. The maximum atomic E-state index is 12.9. The van der Waals surface area contributed by atoms with Crippen molar-refractivity contribution in [1.82, 2.24) is 20.2 Å². The SMILES string of the molecule is CC(c1ccc(F)cc1)S(=O)Cc1nnnn1C1CC1. The van der Waals surface area contributed by atoms with Gasteiger partial charge in [0.15, 0.2) is 5.82 Å². The molecule has 7 heteroatoms. The largest absolute Gasteiger partial charge is 0.258 e. The fourth-order valence-electron chi connectivity index (χ4n) is 2.05. The van der Waals surface area contributed by atoms with Crippen LogP contribution in [0.1, 0.15) is 42.4 Å². The summed E-state index contributed by atoms with van der Waals surface area (Å²) in [4.78, 5) is 0. The number of hydrogen-bond acceptors (Lipinski definition) is 4. The topological polar surface area (TPSA) is 60.7 Å². The molecule has 20 heavy (non-hydrogen) atoms. The molecule has 1 aromatic heterocycles. The lowest BCUT2D eigenvalue weighted by atomic mass is 10.2. The van der Waals surface area contributed by atoms with Gasteiger partial charge in [-0.05, 0) is 47.9 Å². The van der Waals surface area contributed by atoms with E-state index in [1.807, 2.05) is 6.92 Å². The summed E-state index contributed by atoms with van der Waals surface area (Å²) >= 11 is 0. The van der Waals surface area contributed by atoms with E-state index >= 15 is 0 Å². The number of rotatable bonds is 5. The summed E-state index contributed by atoms with van der Waals surface area (Å²) in [5.41, 5.74) is 0.857. The minimum absolute atomic E-state index is 0.181. The minimum Gasteiger partial charge on any atom is -0.258 e. The molecule has 1 aliphatic carbocycles. The zero-order valence-corrected chi connectivity index (χ0v) is 11.9. The molecule has 1 heterocycles. The second kappa shape index (κ2) is 5.40. The maximum Gasteiger partial charge on any atom is 0.164 e. The van der Waals surface area contributed by atoms with Crippen molar-refractivity contribution in [3.63, 3.8) is 0 Å². The standard InChI is InChI=1S/C13H15FN4OS/c1-9(10-2-4-11(14)5-3-10)20(19)8-13-15-16-17-18(13)12-6-7-12/h2-5,9,12H,6-8H2,1H3. The summed E-state index contributed by atoms with van der Waals surface area (Å²) in [6, 6.07) is 6.48. The Morgan fingerprint density at radius 1 is 1.40 bits per heavy atom. The zero-order valence-electron chi connectivity index (χ0n) is 11.1. The highest BCUT2D eigenvalue weighted by Gasteiger charge is 2.28. The molecule has 0 N–H and O–H groups in total. The van der Waals surface area contributed by atoms with Gasteiger partial charge in [-0.1, -0.05) is 12.1 Å². The molecule has 0 bridgehead atoms. The van der Waals surface area contributed by atoms with Crippen molar-refractivity contribution in [1.29, 1.82) is 0 Å². The second-order valence-corrected chi connectivity index (χ2v) is 6.75. The molecule has 0 amide bonds. The van der Waals surface area contributed by atoms with Crippen LogP contribution in [0.5, 0.6) is 0 Å². The first-order chi connectivity index (χ1) is 9.65. The second-order valence-electron chi connectivity index (χ2n) is 4.99. The highest BCUT2D eigenvalue weighted by Crippen LogP contribution is 2.35. The number of hydrogen-bond donors (Lipinski definition) is 0. The molecule has 2 unspecified atom stereocenters. The van der Waals surface area contributed by atoms with Gasteiger partial charge in [0.1, 0.15) is 5.82 Å². The van der Waals surface area contributed by atoms with Gasteiger partial charge in [-0.3, -0.25) is 4.21 Å². The van der Waals surface area contributed by atoms with Crippen molar-refractivity contribution in [2.75, 3.05) is 0 Å². The molecular weight excluding hydrogens is 279 g/mol. The maximum absolute atomic E-state index is 12.9. The summed E-state index contributed by atoms with van der Waals surface area (Å²) in [6.07, 6.45) is 2.16. The quantitative estimate of drug-likeness (QED) is 0.848. The van der Waals surface area contributed by atoms with Crippen molar-refractivity contribution in [3.05, 3.63) is 41.5 Å². The van der Waals surface area contributed by atoms with Crippen molar-refractivity contribution < 1.29 is 8.60 Å². The molecule has 2 aromatic rings. The van der Waals surface area contributed by atoms with E-state index in [0.717, 1.165) is 18.4 Å². The molecule has 0 spiro atoms. The molecule has 0 aliphatic heterocycles. The first kappa shape index (κ1) is 13.4. The van der Waals surface area contributed by atoms with Gasteiger partial charge in [-0.2, -0.15) is 0 Å². The normalized spacial score (nSPS) is 17.9. The van der Waals surface area contributed by atoms with E-state index in [9.17, 15) is 8.60 Å². The molecule has 0 saturated heterocycles. The third kappa shape index (κ3) is 2.77. The van der Waals surface area contributed by atoms with E-state index < -0.39 is 10.8 Å². The van der Waals surface area contributed by atoms with Crippen LogP contribution in [-0.2, 0) is 16.6 Å². The molecular formula is C13H15FN4OS. The monoisotopic (exact) mass is 294 g/mol. The number of benzene rings is 1. The van der Waals surface area contributed by atoms with Gasteiger partial charge in [0.2, 0.25) is 0 Å². The summed E-state index contributed by atoms with van der Waals surface area (Å²) in [5.74, 6) is 0.700. The number of halogens is 1. The van der Waals surface area contributed by atoms with E-state index in [1.165, 1.54) is 12.1 Å². The molecule has 2 atom stereocenters. The van der Waals surface area contributed by atoms with Crippen LogP contribution in [0, 0.1) is 5.82 Å². The Bertz CT molecular complexity index is 624. The van der Waals surface area contributed by atoms with Crippen molar-refractivity contribution in [3.8, 4) is 0 Å². The van der Waals surface area contributed by atoms with Gasteiger partial charge in [0, 0.05) is 10.8 Å². The lowest BCUT2D eigenvalue weighted by Crippen LogP contribution is -2.11. The summed E-state index contributed by atoms with van der Waals surface area (Å²) < 4.78 is 27.1. The number of tetrazole rings is 1. The average Bonchev–Trinajstić information content (AvgIpc) is 3.19. The van der Waals surface area contributed by atoms with Crippen molar-refractivity contribution in [2.45, 2.75) is 36.8 Å². The van der Waals surface area contributed by atoms with Gasteiger partial charge < -0.3 is 0 Å². The molecule has 1 saturated carbocycles. The van der Waals surface area contributed by atoms with Crippen molar-refractivity contribution in [2.24, 2.45) is 0 Å². The van der Waals surface area contributed by atoms with Crippen LogP contribution in [0.4, 0.5) is 4.39 Å². The predicted molar refractivity (Wildman–Crippen MR) is 72.7 cm³/mol. The number of nitrogens with zero attached hydrogens (tertiary/aromatic N) is 4. The van der Waals surface area contributed by atoms with Gasteiger partial charge in [-0.25, -0.2) is 9.07 Å². The molecule has 1 aromatic carbocycles. The van der Waals surface area contributed by atoms with E-state index in [0.29, 0.717) is 17.6 Å². The average molecular weight is 294 g/mol. The molecule has 1 fully saturated rings. The highest BCUT2D eigenvalue weighted by molar-refractivity contribution is 7.84. The lowest BCUT2D eigenvalue weighted by molar-refractivity contribution is 0.590. The predicted octanol–water partition coefficient (Wildman–Crippen LogP) is 2.16. The fraction of sp³-hybridized carbons (Fsp3) is 0.462. The smallest absolute Gasteiger partial charge is 0.164 e.